The van der Waals surface area contributed by atoms with Crippen LogP contribution < -0.4 is 5.32 Å². The van der Waals surface area contributed by atoms with Crippen molar-refractivity contribution in [2.24, 2.45) is 0 Å². The molecule has 1 amide bonds. The van der Waals surface area contributed by atoms with Gasteiger partial charge in [0.1, 0.15) is 6.10 Å². The number of methoxy groups -OCH3 is 1. The Labute approximate surface area is 144 Å². The number of nitrogens with zero attached hydrogens (tertiary/aromatic N) is 1. The first-order valence-electron chi connectivity index (χ1n) is 8.99. The number of carbonyl (C=O) groups excluding carboxylic acids is 1. The maximum absolute atomic E-state index is 12.5. The SMILES string of the molecule is CO[C@@H]1COCC[C@H]1NC(=O)c1ccc(CN2CCCCC2)cc1. The number of amides is 1. The van der Waals surface area contributed by atoms with Crippen LogP contribution in [0.1, 0.15) is 41.6 Å². The molecule has 1 N–H and O–H groups in total. The molecular formula is C19H28N2O3. The van der Waals surface area contributed by atoms with Crippen molar-refractivity contribution in [3.8, 4) is 0 Å². The zero-order valence-electron chi connectivity index (χ0n) is 14.5. The molecule has 2 fully saturated rings. The van der Waals surface area contributed by atoms with Gasteiger partial charge in [0, 0.05) is 25.8 Å². The van der Waals surface area contributed by atoms with E-state index in [1.165, 1.54) is 37.9 Å². The Morgan fingerprint density at radius 3 is 2.71 bits per heavy atom. The molecule has 5 heteroatoms. The van der Waals surface area contributed by atoms with Crippen molar-refractivity contribution in [2.75, 3.05) is 33.4 Å². The lowest BCUT2D eigenvalue weighted by Gasteiger charge is -2.31. The first kappa shape index (κ1) is 17.4. The van der Waals surface area contributed by atoms with Gasteiger partial charge in [0.2, 0.25) is 0 Å². The third-order valence-corrected chi connectivity index (χ3v) is 4.99. The quantitative estimate of drug-likeness (QED) is 0.898. The Morgan fingerprint density at radius 2 is 2.00 bits per heavy atom. The molecule has 0 bridgehead atoms. The highest BCUT2D eigenvalue weighted by Crippen LogP contribution is 2.15. The minimum absolute atomic E-state index is 0.0178. The number of hydrogen-bond acceptors (Lipinski definition) is 4. The van der Waals surface area contributed by atoms with E-state index < -0.39 is 0 Å². The third kappa shape index (κ3) is 4.56. The monoisotopic (exact) mass is 332 g/mol. The van der Waals surface area contributed by atoms with Gasteiger partial charge in [-0.05, 0) is 50.0 Å². The van der Waals surface area contributed by atoms with Crippen molar-refractivity contribution in [1.82, 2.24) is 10.2 Å². The smallest absolute Gasteiger partial charge is 0.251 e. The fourth-order valence-corrected chi connectivity index (χ4v) is 3.50. The number of nitrogens with one attached hydrogen (secondary N) is 1. The number of rotatable bonds is 5. The van der Waals surface area contributed by atoms with Gasteiger partial charge < -0.3 is 14.8 Å². The average Bonchev–Trinajstić information content (AvgIpc) is 2.63. The Hall–Kier alpha value is -1.43. The molecule has 2 saturated heterocycles. The number of piperidine rings is 1. The van der Waals surface area contributed by atoms with E-state index in [2.05, 4.69) is 22.3 Å². The summed E-state index contributed by atoms with van der Waals surface area (Å²) in [5, 5.41) is 3.08. The van der Waals surface area contributed by atoms with Crippen molar-refractivity contribution >= 4 is 5.91 Å². The maximum Gasteiger partial charge on any atom is 0.251 e. The number of benzene rings is 1. The Kier molecular flexibility index (Phi) is 6.24. The van der Waals surface area contributed by atoms with Gasteiger partial charge in [-0.25, -0.2) is 0 Å². The van der Waals surface area contributed by atoms with Gasteiger partial charge in [-0.1, -0.05) is 18.6 Å². The molecule has 0 radical (unpaired) electrons. The molecule has 0 unspecified atom stereocenters. The van der Waals surface area contributed by atoms with Gasteiger partial charge in [-0.3, -0.25) is 9.69 Å². The van der Waals surface area contributed by atoms with Gasteiger partial charge >= 0.3 is 0 Å². The topological polar surface area (TPSA) is 50.8 Å². The molecule has 0 spiro atoms. The second-order valence-electron chi connectivity index (χ2n) is 6.75. The molecule has 2 heterocycles. The van der Waals surface area contributed by atoms with E-state index >= 15 is 0 Å². The summed E-state index contributed by atoms with van der Waals surface area (Å²) in [5.41, 5.74) is 1.98. The lowest BCUT2D eigenvalue weighted by molar-refractivity contribution is -0.0479. The van der Waals surface area contributed by atoms with Gasteiger partial charge in [0.15, 0.2) is 0 Å². The van der Waals surface area contributed by atoms with E-state index in [0.29, 0.717) is 18.8 Å². The molecule has 132 valence electrons. The van der Waals surface area contributed by atoms with Gasteiger partial charge in [-0.2, -0.15) is 0 Å². The molecule has 2 aliphatic heterocycles. The van der Waals surface area contributed by atoms with Crippen LogP contribution in [0.15, 0.2) is 24.3 Å². The van der Waals surface area contributed by atoms with E-state index in [0.717, 1.165) is 13.0 Å². The lowest BCUT2D eigenvalue weighted by Crippen LogP contribution is -2.49. The minimum atomic E-state index is -0.0684. The van der Waals surface area contributed by atoms with Crippen LogP contribution in [0.2, 0.25) is 0 Å². The fourth-order valence-electron chi connectivity index (χ4n) is 3.50. The molecule has 2 aliphatic rings. The molecule has 0 aromatic heterocycles. The standard InChI is InChI=1S/C19H28N2O3/c1-23-18-14-24-12-9-17(18)20-19(22)16-7-5-15(6-8-16)13-21-10-3-2-4-11-21/h5-8,17-18H,2-4,9-14H2,1H3,(H,20,22)/t17-,18-/m1/s1. The normalized spacial score (nSPS) is 25.4. The van der Waals surface area contributed by atoms with Gasteiger partial charge in [-0.15, -0.1) is 0 Å². The predicted octanol–water partition coefficient (Wildman–Crippen LogP) is 2.21. The second kappa shape index (κ2) is 8.60. The molecular weight excluding hydrogens is 304 g/mol. The lowest BCUT2D eigenvalue weighted by atomic mass is 10.0. The first-order valence-corrected chi connectivity index (χ1v) is 8.99. The van der Waals surface area contributed by atoms with E-state index in [9.17, 15) is 4.79 Å². The second-order valence-corrected chi connectivity index (χ2v) is 6.75. The van der Waals surface area contributed by atoms with E-state index in [1.54, 1.807) is 7.11 Å². The van der Waals surface area contributed by atoms with Crippen molar-refractivity contribution in [3.05, 3.63) is 35.4 Å². The summed E-state index contributed by atoms with van der Waals surface area (Å²) in [6, 6.07) is 8.01. The van der Waals surface area contributed by atoms with Crippen LogP contribution in [0, 0.1) is 0 Å². The highest BCUT2D eigenvalue weighted by molar-refractivity contribution is 5.94. The highest BCUT2D eigenvalue weighted by Gasteiger charge is 2.27. The highest BCUT2D eigenvalue weighted by atomic mass is 16.5. The molecule has 5 nitrogen and oxygen atoms in total. The summed E-state index contributed by atoms with van der Waals surface area (Å²) >= 11 is 0. The summed E-state index contributed by atoms with van der Waals surface area (Å²) in [7, 11) is 1.66. The van der Waals surface area contributed by atoms with Crippen LogP contribution in [0.5, 0.6) is 0 Å². The zero-order chi connectivity index (χ0) is 16.8. The summed E-state index contributed by atoms with van der Waals surface area (Å²) < 4.78 is 10.8. The first-order chi connectivity index (χ1) is 11.8. The Bertz CT molecular complexity index is 526. The van der Waals surface area contributed by atoms with Crippen molar-refractivity contribution in [2.45, 2.75) is 44.4 Å². The summed E-state index contributed by atoms with van der Waals surface area (Å²) in [6.45, 7) is 4.55. The third-order valence-electron chi connectivity index (χ3n) is 4.99. The Balaban J connectivity index is 1.55. The van der Waals surface area contributed by atoms with Crippen molar-refractivity contribution in [3.63, 3.8) is 0 Å². The van der Waals surface area contributed by atoms with Crippen molar-refractivity contribution < 1.29 is 14.3 Å². The largest absolute Gasteiger partial charge is 0.379 e. The van der Waals surface area contributed by atoms with Gasteiger partial charge in [0.05, 0.1) is 12.6 Å². The summed E-state index contributed by atoms with van der Waals surface area (Å²) in [5.74, 6) is -0.0338. The average molecular weight is 332 g/mol. The van der Waals surface area contributed by atoms with E-state index in [1.807, 2.05) is 12.1 Å². The molecule has 24 heavy (non-hydrogen) atoms. The van der Waals surface area contributed by atoms with Crippen LogP contribution >= 0.6 is 0 Å². The fraction of sp³-hybridized carbons (Fsp3) is 0.632. The number of likely N-dealkylation sites (tertiary alicyclic amines) is 1. The zero-order valence-corrected chi connectivity index (χ0v) is 14.5. The molecule has 0 aliphatic carbocycles. The molecule has 0 saturated carbocycles. The van der Waals surface area contributed by atoms with Crippen molar-refractivity contribution in [1.29, 1.82) is 0 Å². The molecule has 2 atom stereocenters. The van der Waals surface area contributed by atoms with Crippen LogP contribution in [0.3, 0.4) is 0 Å². The van der Waals surface area contributed by atoms with Crippen LogP contribution in [0.4, 0.5) is 0 Å². The van der Waals surface area contributed by atoms with Crippen LogP contribution in [-0.4, -0.2) is 56.4 Å². The molecule has 1 aromatic rings. The van der Waals surface area contributed by atoms with Crippen LogP contribution in [0.25, 0.3) is 0 Å². The summed E-state index contributed by atoms with van der Waals surface area (Å²) in [4.78, 5) is 14.9. The molecule has 3 rings (SSSR count). The number of ether oxygens (including phenoxy) is 2. The summed E-state index contributed by atoms with van der Waals surface area (Å²) in [6.07, 6.45) is 4.67. The Morgan fingerprint density at radius 1 is 1.25 bits per heavy atom. The number of hydrogen-bond donors (Lipinski definition) is 1. The van der Waals surface area contributed by atoms with Gasteiger partial charge in [0.25, 0.3) is 5.91 Å². The number of carbonyl (C=O) groups is 1. The minimum Gasteiger partial charge on any atom is -0.379 e. The maximum atomic E-state index is 12.5. The molecule has 1 aromatic carbocycles. The van der Waals surface area contributed by atoms with Crippen LogP contribution in [-0.2, 0) is 16.0 Å². The van der Waals surface area contributed by atoms with E-state index in [4.69, 9.17) is 9.47 Å². The predicted molar refractivity (Wildman–Crippen MR) is 93.1 cm³/mol. The van der Waals surface area contributed by atoms with E-state index in [-0.39, 0.29) is 18.1 Å².